The summed E-state index contributed by atoms with van der Waals surface area (Å²) in [6.45, 7) is 7.13. The van der Waals surface area contributed by atoms with Crippen LogP contribution in [0.4, 0.5) is 0 Å². The van der Waals surface area contributed by atoms with Crippen LogP contribution in [-0.2, 0) is 14.3 Å². The number of rotatable bonds is 6. The van der Waals surface area contributed by atoms with Gasteiger partial charge in [0.2, 0.25) is 0 Å². The number of hydrogen-bond acceptors (Lipinski definition) is 4. The number of hydrogen-bond donors (Lipinski definition) is 1. The molecule has 1 aliphatic heterocycles. The van der Waals surface area contributed by atoms with Crippen LogP contribution in [0.5, 0.6) is 0 Å². The molecule has 1 aliphatic carbocycles. The molecule has 0 aromatic heterocycles. The summed E-state index contributed by atoms with van der Waals surface area (Å²) in [5.41, 5.74) is 6.09. The molecule has 1 saturated carbocycles. The minimum Gasteiger partial charge on any atom is -0.379 e. The second-order valence-electron chi connectivity index (χ2n) is 5.62. The van der Waals surface area contributed by atoms with Gasteiger partial charge in [-0.3, -0.25) is 4.79 Å². The fraction of sp³-hybridized carbons (Fsp3) is 0.929. The first kappa shape index (κ1) is 14.8. The summed E-state index contributed by atoms with van der Waals surface area (Å²) >= 11 is 0. The molecule has 2 rings (SSSR count). The van der Waals surface area contributed by atoms with Crippen molar-refractivity contribution in [1.29, 1.82) is 0 Å². The van der Waals surface area contributed by atoms with Gasteiger partial charge in [-0.2, -0.15) is 0 Å². The molecule has 110 valence electrons. The van der Waals surface area contributed by atoms with Gasteiger partial charge < -0.3 is 20.1 Å². The molecule has 5 heteroatoms. The lowest BCUT2D eigenvalue weighted by Gasteiger charge is -2.22. The predicted molar refractivity (Wildman–Crippen MR) is 72.7 cm³/mol. The molecule has 0 bridgehead atoms. The van der Waals surface area contributed by atoms with E-state index in [-0.39, 0.29) is 18.1 Å². The fourth-order valence-electron chi connectivity index (χ4n) is 3.24. The lowest BCUT2D eigenvalue weighted by atomic mass is 9.98. The average Bonchev–Trinajstić information content (AvgIpc) is 2.96. The van der Waals surface area contributed by atoms with Gasteiger partial charge in [0.15, 0.2) is 0 Å². The molecule has 2 N–H and O–H groups in total. The Morgan fingerprint density at radius 3 is 2.84 bits per heavy atom. The zero-order valence-electron chi connectivity index (χ0n) is 12.0. The molecule has 1 heterocycles. The number of nitrogens with zero attached hydrogens (tertiary/aromatic N) is 1. The SMILES string of the molecule is CCOCCOC(C)C(=O)N1CC2CCC(N)C2C1. The van der Waals surface area contributed by atoms with Crippen molar-refractivity contribution >= 4 is 5.91 Å². The van der Waals surface area contributed by atoms with E-state index in [1.54, 1.807) is 0 Å². The number of likely N-dealkylation sites (tertiary alicyclic amines) is 1. The predicted octanol–water partition coefficient (Wildman–Crippen LogP) is 0.624. The summed E-state index contributed by atoms with van der Waals surface area (Å²) in [5.74, 6) is 1.20. The minimum absolute atomic E-state index is 0.0955. The van der Waals surface area contributed by atoms with E-state index in [0.717, 1.165) is 25.9 Å². The molecule has 2 fully saturated rings. The number of carbonyl (C=O) groups is 1. The van der Waals surface area contributed by atoms with Crippen LogP contribution < -0.4 is 5.73 Å². The highest BCUT2D eigenvalue weighted by Gasteiger charge is 2.43. The maximum atomic E-state index is 12.3. The molecule has 0 spiro atoms. The van der Waals surface area contributed by atoms with Crippen molar-refractivity contribution in [3.05, 3.63) is 0 Å². The average molecular weight is 270 g/mol. The molecule has 2 aliphatic rings. The number of amides is 1. The molecular weight excluding hydrogens is 244 g/mol. The van der Waals surface area contributed by atoms with E-state index >= 15 is 0 Å². The number of ether oxygens (including phenoxy) is 2. The van der Waals surface area contributed by atoms with Gasteiger partial charge in [0.25, 0.3) is 5.91 Å². The largest absolute Gasteiger partial charge is 0.379 e. The Bertz CT molecular complexity index is 311. The number of nitrogens with two attached hydrogens (primary N) is 1. The second kappa shape index (κ2) is 6.68. The maximum Gasteiger partial charge on any atom is 0.251 e. The molecule has 0 aromatic rings. The monoisotopic (exact) mass is 270 g/mol. The van der Waals surface area contributed by atoms with Crippen molar-refractivity contribution < 1.29 is 14.3 Å². The second-order valence-corrected chi connectivity index (χ2v) is 5.62. The first-order chi connectivity index (χ1) is 9.13. The van der Waals surface area contributed by atoms with Crippen LogP contribution in [0.25, 0.3) is 0 Å². The summed E-state index contributed by atoms with van der Waals surface area (Å²) in [4.78, 5) is 14.2. The standard InChI is InChI=1S/C14H26N2O3/c1-3-18-6-7-19-10(2)14(17)16-8-11-4-5-13(15)12(11)9-16/h10-13H,3-9,15H2,1-2H3. The number of carbonyl (C=O) groups excluding carboxylic acids is 1. The number of fused-ring (bicyclic) bond motifs is 1. The Morgan fingerprint density at radius 2 is 2.16 bits per heavy atom. The van der Waals surface area contributed by atoms with Crippen molar-refractivity contribution in [2.75, 3.05) is 32.9 Å². The zero-order chi connectivity index (χ0) is 13.8. The Kier molecular flexibility index (Phi) is 5.19. The van der Waals surface area contributed by atoms with E-state index in [1.807, 2.05) is 18.7 Å². The highest BCUT2D eigenvalue weighted by molar-refractivity contribution is 5.80. The van der Waals surface area contributed by atoms with Gasteiger partial charge in [-0.25, -0.2) is 0 Å². The minimum atomic E-state index is -0.379. The maximum absolute atomic E-state index is 12.3. The molecule has 0 aromatic carbocycles. The first-order valence-corrected chi connectivity index (χ1v) is 7.37. The van der Waals surface area contributed by atoms with Crippen molar-refractivity contribution in [1.82, 2.24) is 4.90 Å². The van der Waals surface area contributed by atoms with Crippen LogP contribution in [0.15, 0.2) is 0 Å². The lowest BCUT2D eigenvalue weighted by molar-refractivity contribution is -0.142. The lowest BCUT2D eigenvalue weighted by Crippen LogP contribution is -2.39. The van der Waals surface area contributed by atoms with Gasteiger partial charge in [0, 0.05) is 25.7 Å². The van der Waals surface area contributed by atoms with Crippen molar-refractivity contribution in [2.24, 2.45) is 17.6 Å². The Hall–Kier alpha value is -0.650. The smallest absolute Gasteiger partial charge is 0.251 e. The molecule has 19 heavy (non-hydrogen) atoms. The summed E-state index contributed by atoms with van der Waals surface area (Å²) in [6.07, 6.45) is 1.89. The molecule has 4 atom stereocenters. The van der Waals surface area contributed by atoms with E-state index in [0.29, 0.717) is 31.7 Å². The van der Waals surface area contributed by atoms with Crippen LogP contribution in [-0.4, -0.2) is 55.9 Å². The fourth-order valence-corrected chi connectivity index (χ4v) is 3.24. The van der Waals surface area contributed by atoms with Gasteiger partial charge in [-0.1, -0.05) is 0 Å². The Balaban J connectivity index is 1.74. The van der Waals surface area contributed by atoms with E-state index in [9.17, 15) is 4.79 Å². The Morgan fingerprint density at radius 1 is 1.37 bits per heavy atom. The summed E-state index contributed by atoms with van der Waals surface area (Å²) < 4.78 is 10.7. The molecule has 4 unspecified atom stereocenters. The van der Waals surface area contributed by atoms with Gasteiger partial charge in [-0.05, 0) is 38.5 Å². The van der Waals surface area contributed by atoms with Crippen LogP contribution in [0, 0.1) is 11.8 Å². The van der Waals surface area contributed by atoms with Crippen molar-refractivity contribution in [3.63, 3.8) is 0 Å². The zero-order valence-corrected chi connectivity index (χ0v) is 12.0. The third-order valence-electron chi connectivity index (χ3n) is 4.37. The van der Waals surface area contributed by atoms with Crippen molar-refractivity contribution in [3.8, 4) is 0 Å². The summed E-state index contributed by atoms with van der Waals surface area (Å²) in [7, 11) is 0. The van der Waals surface area contributed by atoms with Crippen LogP contribution in [0.2, 0.25) is 0 Å². The van der Waals surface area contributed by atoms with Crippen LogP contribution in [0.1, 0.15) is 26.7 Å². The van der Waals surface area contributed by atoms with E-state index in [2.05, 4.69) is 0 Å². The quantitative estimate of drug-likeness (QED) is 0.719. The Labute approximate surface area is 115 Å². The first-order valence-electron chi connectivity index (χ1n) is 7.37. The van der Waals surface area contributed by atoms with Crippen molar-refractivity contribution in [2.45, 2.75) is 38.8 Å². The molecule has 1 amide bonds. The highest BCUT2D eigenvalue weighted by atomic mass is 16.5. The van der Waals surface area contributed by atoms with E-state index < -0.39 is 0 Å². The topological polar surface area (TPSA) is 64.8 Å². The van der Waals surface area contributed by atoms with E-state index in [1.165, 1.54) is 0 Å². The van der Waals surface area contributed by atoms with E-state index in [4.69, 9.17) is 15.2 Å². The summed E-state index contributed by atoms with van der Waals surface area (Å²) in [6, 6.07) is 0.275. The van der Waals surface area contributed by atoms with Gasteiger partial charge in [0.05, 0.1) is 13.2 Å². The third-order valence-corrected chi connectivity index (χ3v) is 4.37. The van der Waals surface area contributed by atoms with Gasteiger partial charge >= 0.3 is 0 Å². The summed E-state index contributed by atoms with van der Waals surface area (Å²) in [5, 5.41) is 0. The molecular formula is C14H26N2O3. The van der Waals surface area contributed by atoms with Crippen LogP contribution >= 0.6 is 0 Å². The highest BCUT2D eigenvalue weighted by Crippen LogP contribution is 2.37. The normalized spacial score (nSPS) is 31.5. The molecule has 0 radical (unpaired) electrons. The third kappa shape index (κ3) is 3.46. The molecule has 1 saturated heterocycles. The van der Waals surface area contributed by atoms with Gasteiger partial charge in [-0.15, -0.1) is 0 Å². The molecule has 5 nitrogen and oxygen atoms in total. The van der Waals surface area contributed by atoms with Crippen LogP contribution in [0.3, 0.4) is 0 Å². The van der Waals surface area contributed by atoms with Gasteiger partial charge in [0.1, 0.15) is 6.10 Å².